The Balaban J connectivity index is 2.19. The highest BCUT2D eigenvalue weighted by Crippen LogP contribution is 2.32. The summed E-state index contributed by atoms with van der Waals surface area (Å²) in [6.07, 6.45) is 4.07. The lowest BCUT2D eigenvalue weighted by Crippen LogP contribution is -2.53. The molecular weight excluding hydrogens is 220 g/mol. The van der Waals surface area contributed by atoms with E-state index < -0.39 is 0 Å². The van der Waals surface area contributed by atoms with Gasteiger partial charge in [0, 0.05) is 11.6 Å². The highest BCUT2D eigenvalue weighted by atomic mass is 15.2. The predicted octanol–water partition coefficient (Wildman–Crippen LogP) is 3.21. The van der Waals surface area contributed by atoms with Crippen molar-refractivity contribution in [3.05, 3.63) is 35.9 Å². The van der Waals surface area contributed by atoms with Gasteiger partial charge in [0.2, 0.25) is 0 Å². The van der Waals surface area contributed by atoms with Gasteiger partial charge in [0.25, 0.3) is 0 Å². The second-order valence-electron chi connectivity index (χ2n) is 5.83. The number of hydrogen-bond donors (Lipinski definition) is 1. The molecule has 1 heterocycles. The lowest BCUT2D eigenvalue weighted by molar-refractivity contribution is 0.0633. The fourth-order valence-corrected chi connectivity index (χ4v) is 3.23. The summed E-state index contributed by atoms with van der Waals surface area (Å²) in [5, 5.41) is 3.51. The fourth-order valence-electron chi connectivity index (χ4n) is 3.23. The monoisotopic (exact) mass is 246 g/mol. The van der Waals surface area contributed by atoms with Gasteiger partial charge in [-0.25, -0.2) is 0 Å². The van der Waals surface area contributed by atoms with Gasteiger partial charge in [-0.15, -0.1) is 0 Å². The van der Waals surface area contributed by atoms with Crippen LogP contribution in [0.25, 0.3) is 0 Å². The van der Waals surface area contributed by atoms with E-state index in [1.807, 2.05) is 0 Å². The summed E-state index contributed by atoms with van der Waals surface area (Å²) in [4.78, 5) is 2.64. The van der Waals surface area contributed by atoms with Crippen molar-refractivity contribution >= 4 is 0 Å². The summed E-state index contributed by atoms with van der Waals surface area (Å²) >= 11 is 0. The van der Waals surface area contributed by atoms with E-state index in [2.05, 4.69) is 61.4 Å². The van der Waals surface area contributed by atoms with Crippen LogP contribution in [0.2, 0.25) is 0 Å². The van der Waals surface area contributed by atoms with Gasteiger partial charge in [-0.1, -0.05) is 36.8 Å². The Bertz CT molecular complexity index is 353. The molecule has 1 aromatic carbocycles. The first-order valence-corrected chi connectivity index (χ1v) is 7.13. The first kappa shape index (κ1) is 13.6. The molecule has 0 aliphatic carbocycles. The Labute approximate surface area is 111 Å². The first-order chi connectivity index (χ1) is 8.66. The van der Waals surface area contributed by atoms with Gasteiger partial charge in [0.05, 0.1) is 0 Å². The van der Waals surface area contributed by atoms with Crippen LogP contribution in [0.1, 0.15) is 44.7 Å². The zero-order valence-electron chi connectivity index (χ0n) is 11.9. The molecule has 1 saturated heterocycles. The van der Waals surface area contributed by atoms with Gasteiger partial charge in [0.15, 0.2) is 0 Å². The van der Waals surface area contributed by atoms with Crippen LogP contribution in [0.15, 0.2) is 30.3 Å². The Morgan fingerprint density at radius 1 is 1.06 bits per heavy atom. The van der Waals surface area contributed by atoms with Crippen molar-refractivity contribution in [2.45, 2.75) is 44.7 Å². The molecule has 100 valence electrons. The molecule has 0 aromatic heterocycles. The summed E-state index contributed by atoms with van der Waals surface area (Å²) in [5.41, 5.74) is 1.55. The van der Waals surface area contributed by atoms with Crippen LogP contribution in [0, 0.1) is 0 Å². The van der Waals surface area contributed by atoms with E-state index in [0.717, 1.165) is 0 Å². The van der Waals surface area contributed by atoms with Crippen molar-refractivity contribution in [2.24, 2.45) is 0 Å². The van der Waals surface area contributed by atoms with E-state index >= 15 is 0 Å². The molecule has 1 unspecified atom stereocenters. The van der Waals surface area contributed by atoms with Crippen molar-refractivity contribution in [2.75, 3.05) is 20.1 Å². The number of nitrogens with one attached hydrogen (secondary N) is 1. The molecule has 1 aromatic rings. The second-order valence-corrected chi connectivity index (χ2v) is 5.83. The Kier molecular flexibility index (Phi) is 4.41. The molecule has 1 atom stereocenters. The minimum atomic E-state index is 0.163. The average molecular weight is 246 g/mol. The quantitative estimate of drug-likeness (QED) is 0.877. The number of hydrogen-bond acceptors (Lipinski definition) is 2. The topological polar surface area (TPSA) is 15.3 Å². The van der Waals surface area contributed by atoms with Gasteiger partial charge < -0.3 is 5.32 Å². The first-order valence-electron chi connectivity index (χ1n) is 7.13. The molecule has 0 bridgehead atoms. The highest BCUT2D eigenvalue weighted by molar-refractivity contribution is 5.22. The smallest absolute Gasteiger partial charge is 0.0499 e. The SMILES string of the molecule is CNC(c1ccccc1)C(C)(C)N1CCCCC1. The molecule has 0 radical (unpaired) electrons. The summed E-state index contributed by atoms with van der Waals surface area (Å²) in [7, 11) is 2.07. The molecule has 0 saturated carbocycles. The van der Waals surface area contributed by atoms with Crippen LogP contribution in [-0.4, -0.2) is 30.6 Å². The Morgan fingerprint density at radius 3 is 2.22 bits per heavy atom. The molecule has 1 aliphatic rings. The van der Waals surface area contributed by atoms with Crippen molar-refractivity contribution in [1.82, 2.24) is 10.2 Å². The number of piperidine rings is 1. The number of nitrogens with zero attached hydrogens (tertiary/aromatic N) is 1. The summed E-state index contributed by atoms with van der Waals surface area (Å²) < 4.78 is 0. The third-order valence-corrected chi connectivity index (χ3v) is 4.30. The molecule has 2 nitrogen and oxygen atoms in total. The Hall–Kier alpha value is -0.860. The van der Waals surface area contributed by atoms with Crippen LogP contribution in [-0.2, 0) is 0 Å². The third-order valence-electron chi connectivity index (χ3n) is 4.30. The maximum absolute atomic E-state index is 3.51. The predicted molar refractivity (Wildman–Crippen MR) is 77.7 cm³/mol. The van der Waals surface area contributed by atoms with E-state index in [-0.39, 0.29) is 5.54 Å². The molecule has 0 spiro atoms. The zero-order chi connectivity index (χ0) is 13.0. The molecular formula is C16H26N2. The van der Waals surface area contributed by atoms with Gasteiger partial charge in [-0.05, 0) is 52.4 Å². The second kappa shape index (κ2) is 5.85. The Morgan fingerprint density at radius 2 is 1.67 bits per heavy atom. The summed E-state index contributed by atoms with van der Waals surface area (Å²) in [6, 6.07) is 11.2. The third kappa shape index (κ3) is 2.76. The fraction of sp³-hybridized carbons (Fsp3) is 0.625. The minimum absolute atomic E-state index is 0.163. The van der Waals surface area contributed by atoms with E-state index in [9.17, 15) is 0 Å². The number of benzene rings is 1. The van der Waals surface area contributed by atoms with Gasteiger partial charge >= 0.3 is 0 Å². The number of likely N-dealkylation sites (tertiary alicyclic amines) is 1. The zero-order valence-corrected chi connectivity index (χ0v) is 11.9. The van der Waals surface area contributed by atoms with Crippen LogP contribution in [0.3, 0.4) is 0 Å². The molecule has 18 heavy (non-hydrogen) atoms. The normalized spacial score (nSPS) is 19.7. The van der Waals surface area contributed by atoms with Crippen LogP contribution in [0.4, 0.5) is 0 Å². The molecule has 2 rings (SSSR count). The van der Waals surface area contributed by atoms with Gasteiger partial charge in [-0.3, -0.25) is 4.90 Å². The van der Waals surface area contributed by atoms with Gasteiger partial charge in [-0.2, -0.15) is 0 Å². The van der Waals surface area contributed by atoms with Crippen molar-refractivity contribution < 1.29 is 0 Å². The van der Waals surface area contributed by atoms with E-state index in [0.29, 0.717) is 6.04 Å². The minimum Gasteiger partial charge on any atom is -0.311 e. The molecule has 2 heteroatoms. The van der Waals surface area contributed by atoms with Crippen LogP contribution < -0.4 is 5.32 Å². The van der Waals surface area contributed by atoms with Gasteiger partial charge in [0.1, 0.15) is 0 Å². The average Bonchev–Trinajstić information content (AvgIpc) is 2.41. The molecule has 1 aliphatic heterocycles. The van der Waals surface area contributed by atoms with Crippen LogP contribution in [0.5, 0.6) is 0 Å². The van der Waals surface area contributed by atoms with E-state index in [1.54, 1.807) is 0 Å². The van der Waals surface area contributed by atoms with Crippen molar-refractivity contribution in [3.63, 3.8) is 0 Å². The van der Waals surface area contributed by atoms with E-state index in [1.165, 1.54) is 37.9 Å². The summed E-state index contributed by atoms with van der Waals surface area (Å²) in [5.74, 6) is 0. The molecule has 0 amide bonds. The number of likely N-dealkylation sites (N-methyl/N-ethyl adjacent to an activating group) is 1. The van der Waals surface area contributed by atoms with E-state index in [4.69, 9.17) is 0 Å². The molecule has 1 N–H and O–H groups in total. The summed E-state index contributed by atoms with van der Waals surface area (Å²) in [6.45, 7) is 7.20. The largest absolute Gasteiger partial charge is 0.311 e. The standard InChI is InChI=1S/C16H26N2/c1-16(2,18-12-8-5-9-13-18)15(17-3)14-10-6-4-7-11-14/h4,6-7,10-11,15,17H,5,8-9,12-13H2,1-3H3. The maximum Gasteiger partial charge on any atom is 0.0499 e. The highest BCUT2D eigenvalue weighted by Gasteiger charge is 2.35. The number of rotatable bonds is 4. The lowest BCUT2D eigenvalue weighted by atomic mass is 9.85. The van der Waals surface area contributed by atoms with Crippen LogP contribution >= 0.6 is 0 Å². The lowest BCUT2D eigenvalue weighted by Gasteiger charge is -2.46. The molecule has 1 fully saturated rings. The maximum atomic E-state index is 3.51. The van der Waals surface area contributed by atoms with Crippen molar-refractivity contribution in [1.29, 1.82) is 0 Å². The van der Waals surface area contributed by atoms with Crippen molar-refractivity contribution in [3.8, 4) is 0 Å².